The summed E-state index contributed by atoms with van der Waals surface area (Å²) in [4.78, 5) is 28.2. The average molecular weight is 674 g/mol. The molecule has 0 aliphatic carbocycles. The van der Waals surface area contributed by atoms with Crippen LogP contribution >= 0.6 is 0 Å². The fourth-order valence-electron chi connectivity index (χ4n) is 6.67. The number of carbonyl (C=O) groups excluding carboxylic acids is 2. The molecule has 0 radical (unpaired) electrons. The molecule has 0 fully saturated rings. The van der Waals surface area contributed by atoms with Crippen molar-refractivity contribution in [1.29, 1.82) is 0 Å². The number of alkyl carbamates (subject to hydrolysis) is 1. The highest BCUT2D eigenvalue weighted by Gasteiger charge is 2.50. The predicted molar refractivity (Wildman–Crippen MR) is 197 cm³/mol. The molecule has 9 heteroatoms. The van der Waals surface area contributed by atoms with E-state index in [0.717, 1.165) is 11.3 Å². The predicted octanol–water partition coefficient (Wildman–Crippen LogP) is 6.06. The standard InChI is InChI=1S/C39H55N3O5Si/c1-27(2)35-36(43)40-30(26-46-48(39(7,8)9,32-17-13-11-14-18-32)33-19-15-12-16-20-33)23-29-21-22-31(24-34(29)42(35)10)45-25-28(3)47-37(44)41-38(4,5)6/h11-22,24,27-28,30,35H,23,25-26H2,1-10H3,(H,40,43)(H,41,44)/t28-,30-,35-/m0/s1. The van der Waals surface area contributed by atoms with E-state index in [2.05, 4.69) is 105 Å². The zero-order valence-corrected chi connectivity index (χ0v) is 31.4. The second-order valence-corrected chi connectivity index (χ2v) is 19.7. The van der Waals surface area contributed by atoms with Crippen molar-refractivity contribution in [2.24, 2.45) is 5.92 Å². The summed E-state index contributed by atoms with van der Waals surface area (Å²) in [6, 6.07) is 26.5. The SMILES string of the molecule is CC(C)[C@H]1C(=O)N[C@H](CO[Si](c2ccccc2)(c2ccccc2)C(C)(C)C)Cc2ccc(OC[C@H](C)OC(=O)NC(C)(C)C)cc2N1C. The van der Waals surface area contributed by atoms with Gasteiger partial charge in [0, 0.05) is 24.3 Å². The number of nitrogens with zero attached hydrogens (tertiary/aromatic N) is 1. The molecule has 48 heavy (non-hydrogen) atoms. The van der Waals surface area contributed by atoms with Crippen molar-refractivity contribution in [1.82, 2.24) is 10.6 Å². The zero-order chi connectivity index (χ0) is 35.3. The van der Waals surface area contributed by atoms with Crippen molar-refractivity contribution in [3.63, 3.8) is 0 Å². The second-order valence-electron chi connectivity index (χ2n) is 15.4. The van der Waals surface area contributed by atoms with Crippen LogP contribution in [0.3, 0.4) is 0 Å². The Balaban J connectivity index is 1.63. The van der Waals surface area contributed by atoms with E-state index in [4.69, 9.17) is 13.9 Å². The fraction of sp³-hybridized carbons (Fsp3) is 0.487. The largest absolute Gasteiger partial charge is 0.490 e. The number of benzene rings is 3. The van der Waals surface area contributed by atoms with E-state index in [0.29, 0.717) is 18.8 Å². The Hall–Kier alpha value is -3.82. The van der Waals surface area contributed by atoms with E-state index in [1.807, 2.05) is 52.1 Å². The Bertz CT molecular complexity index is 1480. The smallest absolute Gasteiger partial charge is 0.407 e. The lowest BCUT2D eigenvalue weighted by atomic mass is 9.95. The highest BCUT2D eigenvalue weighted by Crippen LogP contribution is 2.37. The minimum atomic E-state index is -2.81. The van der Waals surface area contributed by atoms with Crippen LogP contribution in [-0.4, -0.2) is 64.3 Å². The van der Waals surface area contributed by atoms with Crippen LogP contribution in [0, 0.1) is 5.92 Å². The lowest BCUT2D eigenvalue weighted by Crippen LogP contribution is -2.67. The molecule has 0 saturated carbocycles. The van der Waals surface area contributed by atoms with Crippen LogP contribution < -0.4 is 30.6 Å². The molecule has 0 aromatic heterocycles. The van der Waals surface area contributed by atoms with Gasteiger partial charge in [-0.15, -0.1) is 0 Å². The van der Waals surface area contributed by atoms with E-state index < -0.39 is 26.6 Å². The van der Waals surface area contributed by atoms with Gasteiger partial charge in [0.15, 0.2) is 0 Å². The minimum Gasteiger partial charge on any atom is -0.490 e. The molecule has 1 aliphatic rings. The summed E-state index contributed by atoms with van der Waals surface area (Å²) in [5.41, 5.74) is 1.65. The van der Waals surface area contributed by atoms with E-state index in [1.165, 1.54) is 10.4 Å². The van der Waals surface area contributed by atoms with Crippen molar-refractivity contribution in [2.45, 2.75) is 97.5 Å². The fourth-order valence-corrected chi connectivity index (χ4v) is 11.3. The van der Waals surface area contributed by atoms with Gasteiger partial charge in [-0.1, -0.05) is 101 Å². The van der Waals surface area contributed by atoms with Crippen molar-refractivity contribution in [3.8, 4) is 5.75 Å². The molecule has 0 unspecified atom stereocenters. The third kappa shape index (κ3) is 8.79. The van der Waals surface area contributed by atoms with E-state index in [-0.39, 0.29) is 35.1 Å². The molecule has 3 aromatic rings. The molecule has 2 N–H and O–H groups in total. The number of hydrogen-bond donors (Lipinski definition) is 2. The second kappa shape index (κ2) is 15.2. The van der Waals surface area contributed by atoms with Crippen molar-refractivity contribution in [2.75, 3.05) is 25.2 Å². The maximum Gasteiger partial charge on any atom is 0.407 e. The molecule has 4 rings (SSSR count). The molecule has 3 atom stereocenters. The highest BCUT2D eigenvalue weighted by molar-refractivity contribution is 6.99. The van der Waals surface area contributed by atoms with Gasteiger partial charge in [-0.2, -0.15) is 0 Å². The first kappa shape index (κ1) is 37.0. The topological polar surface area (TPSA) is 89.1 Å². The van der Waals surface area contributed by atoms with Crippen LogP contribution in [0.15, 0.2) is 78.9 Å². The third-order valence-electron chi connectivity index (χ3n) is 8.75. The van der Waals surface area contributed by atoms with Crippen molar-refractivity contribution >= 4 is 36.4 Å². The molecule has 0 spiro atoms. The number of anilines is 1. The third-order valence-corrected chi connectivity index (χ3v) is 13.8. The van der Waals surface area contributed by atoms with Gasteiger partial charge in [-0.05, 0) is 67.1 Å². The molecule has 3 aromatic carbocycles. The summed E-state index contributed by atoms with van der Waals surface area (Å²) in [6.07, 6.45) is -0.334. The summed E-state index contributed by atoms with van der Waals surface area (Å²) in [5.74, 6) is 0.682. The van der Waals surface area contributed by atoms with Gasteiger partial charge in [0.2, 0.25) is 5.91 Å². The quantitative estimate of drug-likeness (QED) is 0.255. The van der Waals surface area contributed by atoms with Gasteiger partial charge in [-0.25, -0.2) is 4.79 Å². The zero-order valence-electron chi connectivity index (χ0n) is 30.4. The number of rotatable bonds is 10. The van der Waals surface area contributed by atoms with Crippen LogP contribution in [0.1, 0.15) is 67.9 Å². The molecule has 1 heterocycles. The van der Waals surface area contributed by atoms with Crippen LogP contribution in [0.4, 0.5) is 10.5 Å². The Kier molecular flexibility index (Phi) is 11.7. The lowest BCUT2D eigenvalue weighted by molar-refractivity contribution is -0.124. The number of carbonyl (C=O) groups is 2. The molecule has 1 aliphatic heterocycles. The Labute approximate surface area is 288 Å². The van der Waals surface area contributed by atoms with E-state index in [1.54, 1.807) is 6.92 Å². The van der Waals surface area contributed by atoms with Gasteiger partial charge < -0.3 is 29.4 Å². The summed E-state index contributed by atoms with van der Waals surface area (Å²) in [6.45, 7) is 19.0. The number of hydrogen-bond acceptors (Lipinski definition) is 6. The summed E-state index contributed by atoms with van der Waals surface area (Å²) >= 11 is 0. The highest BCUT2D eigenvalue weighted by atomic mass is 28.4. The van der Waals surface area contributed by atoms with Crippen LogP contribution in [0.25, 0.3) is 0 Å². The molecule has 2 amide bonds. The molecular weight excluding hydrogens is 619 g/mol. The Morgan fingerprint density at radius 2 is 1.52 bits per heavy atom. The van der Waals surface area contributed by atoms with Gasteiger partial charge >= 0.3 is 6.09 Å². The molecule has 0 bridgehead atoms. The minimum absolute atomic E-state index is 0.0209. The number of fused-ring (bicyclic) bond motifs is 1. The first-order valence-electron chi connectivity index (χ1n) is 17.0. The lowest BCUT2D eigenvalue weighted by Gasteiger charge is -2.44. The average Bonchev–Trinajstić information content (AvgIpc) is 2.99. The van der Waals surface area contributed by atoms with E-state index >= 15 is 0 Å². The number of likely N-dealkylation sites (N-methyl/N-ethyl adjacent to an activating group) is 1. The maximum atomic E-state index is 13.9. The number of amides is 2. The van der Waals surface area contributed by atoms with Crippen LogP contribution in [0.2, 0.25) is 5.04 Å². The normalized spacial score (nSPS) is 17.9. The van der Waals surface area contributed by atoms with E-state index in [9.17, 15) is 9.59 Å². The van der Waals surface area contributed by atoms with Crippen LogP contribution in [-0.2, 0) is 20.4 Å². The van der Waals surface area contributed by atoms with Gasteiger partial charge in [0.25, 0.3) is 8.32 Å². The monoisotopic (exact) mass is 673 g/mol. The van der Waals surface area contributed by atoms with Crippen molar-refractivity contribution in [3.05, 3.63) is 84.4 Å². The van der Waals surface area contributed by atoms with Crippen LogP contribution in [0.5, 0.6) is 5.75 Å². The van der Waals surface area contributed by atoms with Gasteiger partial charge in [0.05, 0.1) is 12.6 Å². The van der Waals surface area contributed by atoms with Gasteiger partial charge in [0.1, 0.15) is 24.5 Å². The summed E-state index contributed by atoms with van der Waals surface area (Å²) in [5, 5.41) is 8.41. The first-order valence-corrected chi connectivity index (χ1v) is 19.0. The van der Waals surface area contributed by atoms with Gasteiger partial charge in [-0.3, -0.25) is 4.79 Å². The maximum absolute atomic E-state index is 13.9. The summed E-state index contributed by atoms with van der Waals surface area (Å²) < 4.78 is 18.9. The molecule has 8 nitrogen and oxygen atoms in total. The summed E-state index contributed by atoms with van der Waals surface area (Å²) in [7, 11) is -0.839. The Morgan fingerprint density at radius 1 is 0.938 bits per heavy atom. The first-order chi connectivity index (χ1) is 22.5. The molecular formula is C39H55N3O5Si. The number of nitrogens with one attached hydrogen (secondary N) is 2. The number of ether oxygens (including phenoxy) is 2. The molecule has 260 valence electrons. The molecule has 0 saturated heterocycles. The Morgan fingerprint density at radius 3 is 2.04 bits per heavy atom. The van der Waals surface area contributed by atoms with Crippen molar-refractivity contribution < 1.29 is 23.5 Å².